The predicted molar refractivity (Wildman–Crippen MR) is 81.0 cm³/mol. The van der Waals surface area contributed by atoms with E-state index in [1.54, 1.807) is 6.07 Å². The van der Waals surface area contributed by atoms with Gasteiger partial charge in [-0.15, -0.1) is 0 Å². The van der Waals surface area contributed by atoms with Crippen LogP contribution in [0.25, 0.3) is 11.0 Å². The summed E-state index contributed by atoms with van der Waals surface area (Å²) in [4.78, 5) is 4.54. The Labute approximate surface area is 119 Å². The van der Waals surface area contributed by atoms with E-state index in [2.05, 4.69) is 23.1 Å². The highest BCUT2D eigenvalue weighted by atomic mass is 19.1. The lowest BCUT2D eigenvalue weighted by atomic mass is 10.1. The summed E-state index contributed by atoms with van der Waals surface area (Å²) in [5, 5.41) is 0. The molecule has 2 rings (SSSR count). The van der Waals surface area contributed by atoms with E-state index in [0.717, 1.165) is 36.2 Å². The molecule has 0 amide bonds. The summed E-state index contributed by atoms with van der Waals surface area (Å²) >= 11 is 0. The molecule has 0 aliphatic heterocycles. The zero-order valence-corrected chi connectivity index (χ0v) is 12.2. The summed E-state index contributed by atoms with van der Waals surface area (Å²) in [5.74, 6) is 0.549. The number of aromatic nitrogens is 2. The third-order valence-corrected chi connectivity index (χ3v) is 3.37. The Morgan fingerprint density at radius 1 is 1.50 bits per heavy atom. The lowest BCUT2D eigenvalue weighted by molar-refractivity contribution is 0.551. The van der Waals surface area contributed by atoms with Crippen molar-refractivity contribution in [3.8, 4) is 0 Å². The topological polar surface area (TPSA) is 43.8 Å². The van der Waals surface area contributed by atoms with Crippen molar-refractivity contribution in [2.75, 3.05) is 0 Å². The molecule has 0 aliphatic carbocycles. The van der Waals surface area contributed by atoms with Gasteiger partial charge in [-0.05, 0) is 25.5 Å². The molecule has 0 saturated heterocycles. The Kier molecular flexibility index (Phi) is 4.55. The number of allylic oxidation sites excluding steroid dienone is 1. The summed E-state index contributed by atoms with van der Waals surface area (Å²) < 4.78 is 15.4. The minimum atomic E-state index is -0.272. The zero-order chi connectivity index (χ0) is 14.7. The van der Waals surface area contributed by atoms with Gasteiger partial charge in [-0.3, -0.25) is 0 Å². The second-order valence-electron chi connectivity index (χ2n) is 5.40. The van der Waals surface area contributed by atoms with Gasteiger partial charge in [-0.2, -0.15) is 0 Å². The maximum absolute atomic E-state index is 13.3. The highest BCUT2D eigenvalue weighted by Gasteiger charge is 2.17. The SMILES string of the molecule is C=C(C)Cn1c(C(N)CCCC)nc2cc(F)ccc21. The van der Waals surface area contributed by atoms with Crippen molar-refractivity contribution in [2.24, 2.45) is 5.73 Å². The van der Waals surface area contributed by atoms with Crippen LogP contribution in [0.1, 0.15) is 45.0 Å². The molecule has 0 fully saturated rings. The third kappa shape index (κ3) is 3.07. The second kappa shape index (κ2) is 6.18. The van der Waals surface area contributed by atoms with Gasteiger partial charge >= 0.3 is 0 Å². The minimum absolute atomic E-state index is 0.121. The Morgan fingerprint density at radius 2 is 2.25 bits per heavy atom. The summed E-state index contributed by atoms with van der Waals surface area (Å²) in [7, 11) is 0. The van der Waals surface area contributed by atoms with Crippen LogP contribution in [0, 0.1) is 5.82 Å². The molecule has 0 spiro atoms. The molecule has 0 saturated carbocycles. The molecule has 0 aliphatic rings. The van der Waals surface area contributed by atoms with Crippen LogP contribution in [0.2, 0.25) is 0 Å². The van der Waals surface area contributed by atoms with Crippen LogP contribution < -0.4 is 5.73 Å². The van der Waals surface area contributed by atoms with Gasteiger partial charge in [-0.1, -0.05) is 31.9 Å². The summed E-state index contributed by atoms with van der Waals surface area (Å²) in [6, 6.07) is 4.56. The number of nitrogens with zero attached hydrogens (tertiary/aromatic N) is 2. The minimum Gasteiger partial charge on any atom is -0.323 e. The average molecular weight is 275 g/mol. The van der Waals surface area contributed by atoms with E-state index in [1.807, 2.05) is 6.92 Å². The number of fused-ring (bicyclic) bond motifs is 1. The molecular formula is C16H22FN3. The molecule has 0 bridgehead atoms. The Balaban J connectivity index is 2.47. The van der Waals surface area contributed by atoms with Crippen LogP contribution in [0.5, 0.6) is 0 Å². The van der Waals surface area contributed by atoms with E-state index in [4.69, 9.17) is 5.73 Å². The molecule has 1 unspecified atom stereocenters. The zero-order valence-electron chi connectivity index (χ0n) is 12.2. The molecule has 3 nitrogen and oxygen atoms in total. The molecule has 1 aromatic carbocycles. The maximum atomic E-state index is 13.3. The predicted octanol–water partition coefficient (Wildman–Crippen LogP) is 3.94. The number of benzene rings is 1. The summed E-state index contributed by atoms with van der Waals surface area (Å²) in [6.07, 6.45) is 3.05. The monoisotopic (exact) mass is 275 g/mol. The van der Waals surface area contributed by atoms with Crippen molar-refractivity contribution < 1.29 is 4.39 Å². The highest BCUT2D eigenvalue weighted by molar-refractivity contribution is 5.76. The van der Waals surface area contributed by atoms with E-state index >= 15 is 0 Å². The number of nitrogens with two attached hydrogens (primary N) is 1. The first-order valence-electron chi connectivity index (χ1n) is 7.08. The van der Waals surface area contributed by atoms with Crippen molar-refractivity contribution in [3.05, 3.63) is 42.0 Å². The summed E-state index contributed by atoms with van der Waals surface area (Å²) in [5.41, 5.74) is 8.85. The fourth-order valence-electron chi connectivity index (χ4n) is 2.39. The van der Waals surface area contributed by atoms with Crippen LogP contribution in [-0.2, 0) is 6.54 Å². The number of hydrogen-bond donors (Lipinski definition) is 1. The van der Waals surface area contributed by atoms with Gasteiger partial charge in [0.15, 0.2) is 0 Å². The molecule has 2 N–H and O–H groups in total. The number of rotatable bonds is 6. The Morgan fingerprint density at radius 3 is 2.90 bits per heavy atom. The first-order chi connectivity index (χ1) is 9.52. The molecule has 1 atom stereocenters. The van der Waals surface area contributed by atoms with Gasteiger partial charge in [0.25, 0.3) is 0 Å². The van der Waals surface area contributed by atoms with E-state index in [-0.39, 0.29) is 11.9 Å². The highest BCUT2D eigenvalue weighted by Crippen LogP contribution is 2.24. The molecule has 1 heterocycles. The largest absolute Gasteiger partial charge is 0.323 e. The first-order valence-corrected chi connectivity index (χ1v) is 7.08. The van der Waals surface area contributed by atoms with Crippen LogP contribution in [0.3, 0.4) is 0 Å². The van der Waals surface area contributed by atoms with Crippen molar-refractivity contribution in [1.82, 2.24) is 9.55 Å². The van der Waals surface area contributed by atoms with E-state index in [0.29, 0.717) is 12.1 Å². The van der Waals surface area contributed by atoms with Crippen LogP contribution in [-0.4, -0.2) is 9.55 Å². The summed E-state index contributed by atoms with van der Waals surface area (Å²) in [6.45, 7) is 8.72. The first kappa shape index (κ1) is 14.7. The van der Waals surface area contributed by atoms with Gasteiger partial charge in [0.1, 0.15) is 11.6 Å². The lowest BCUT2D eigenvalue weighted by Crippen LogP contribution is -2.17. The van der Waals surface area contributed by atoms with Crippen molar-refractivity contribution in [2.45, 2.75) is 45.7 Å². The Hall–Kier alpha value is -1.68. The number of hydrogen-bond acceptors (Lipinski definition) is 2. The standard InChI is InChI=1S/C16H22FN3/c1-4-5-6-13(18)16-19-14-9-12(17)7-8-15(14)20(16)10-11(2)3/h7-9,13H,2,4-6,10,18H2,1,3H3. The van der Waals surface area contributed by atoms with Crippen LogP contribution in [0.15, 0.2) is 30.4 Å². The smallest absolute Gasteiger partial charge is 0.127 e. The molecule has 108 valence electrons. The Bertz CT molecular complexity index is 615. The van der Waals surface area contributed by atoms with Crippen molar-refractivity contribution in [3.63, 3.8) is 0 Å². The quantitative estimate of drug-likeness (QED) is 0.811. The van der Waals surface area contributed by atoms with Gasteiger partial charge in [0.2, 0.25) is 0 Å². The van der Waals surface area contributed by atoms with Crippen LogP contribution in [0.4, 0.5) is 4.39 Å². The molecule has 0 radical (unpaired) electrons. The van der Waals surface area contributed by atoms with E-state index in [1.165, 1.54) is 12.1 Å². The number of unbranched alkanes of at least 4 members (excludes halogenated alkanes) is 1. The molecule has 2 aromatic rings. The van der Waals surface area contributed by atoms with Crippen molar-refractivity contribution >= 4 is 11.0 Å². The number of halogens is 1. The van der Waals surface area contributed by atoms with Crippen LogP contribution >= 0.6 is 0 Å². The molecule has 4 heteroatoms. The molecular weight excluding hydrogens is 253 g/mol. The maximum Gasteiger partial charge on any atom is 0.127 e. The number of imidazole rings is 1. The molecule has 1 aromatic heterocycles. The van der Waals surface area contributed by atoms with Gasteiger partial charge < -0.3 is 10.3 Å². The third-order valence-electron chi connectivity index (χ3n) is 3.37. The fourth-order valence-corrected chi connectivity index (χ4v) is 2.39. The molecule has 20 heavy (non-hydrogen) atoms. The fraction of sp³-hybridized carbons (Fsp3) is 0.438. The van der Waals surface area contributed by atoms with E-state index < -0.39 is 0 Å². The average Bonchev–Trinajstić information content (AvgIpc) is 2.73. The van der Waals surface area contributed by atoms with Gasteiger partial charge in [-0.25, -0.2) is 9.37 Å². The van der Waals surface area contributed by atoms with Crippen molar-refractivity contribution in [1.29, 1.82) is 0 Å². The van der Waals surface area contributed by atoms with E-state index in [9.17, 15) is 4.39 Å². The normalized spacial score (nSPS) is 12.8. The second-order valence-corrected chi connectivity index (χ2v) is 5.40. The van der Waals surface area contributed by atoms with Gasteiger partial charge in [0.05, 0.1) is 17.1 Å². The lowest BCUT2D eigenvalue weighted by Gasteiger charge is -2.14. The van der Waals surface area contributed by atoms with Gasteiger partial charge in [0, 0.05) is 12.6 Å².